The molecule has 0 N–H and O–H groups in total. The van der Waals surface area contributed by atoms with Crippen LogP contribution in [0.15, 0.2) is 24.3 Å². The van der Waals surface area contributed by atoms with Gasteiger partial charge in [-0.1, -0.05) is 0 Å². The number of hydrogen-bond acceptors (Lipinski definition) is 8. The van der Waals surface area contributed by atoms with Crippen LogP contribution in [-0.2, 0) is 19.2 Å². The second-order valence-electron chi connectivity index (χ2n) is 8.51. The maximum Gasteiger partial charge on any atom is 0.514 e. The van der Waals surface area contributed by atoms with E-state index in [0.29, 0.717) is 31.1 Å². The Morgan fingerprint density at radius 3 is 2.66 bits per heavy atom. The molecule has 5 rings (SSSR count). The molecule has 2 spiro atoms. The van der Waals surface area contributed by atoms with Gasteiger partial charge in [0.05, 0.1) is 4.92 Å². The van der Waals surface area contributed by atoms with Crippen LogP contribution in [0.25, 0.3) is 0 Å². The summed E-state index contributed by atoms with van der Waals surface area (Å²) in [5.41, 5.74) is -0.0787. The summed E-state index contributed by atoms with van der Waals surface area (Å²) in [6.45, 7) is 0. The zero-order chi connectivity index (χ0) is 20.1. The van der Waals surface area contributed by atoms with Gasteiger partial charge in [-0.05, 0) is 50.2 Å². The topological polar surface area (TPSA) is 106 Å². The van der Waals surface area contributed by atoms with Gasteiger partial charge in [0.2, 0.25) is 11.6 Å². The van der Waals surface area contributed by atoms with E-state index in [-0.39, 0.29) is 11.4 Å². The average molecular weight is 405 g/mol. The number of hydrogen-bond donors (Lipinski definition) is 0. The molecule has 1 aliphatic heterocycles. The number of carbonyl (C=O) groups is 1. The summed E-state index contributed by atoms with van der Waals surface area (Å²) in [6.07, 6.45) is 5.61. The van der Waals surface area contributed by atoms with Crippen molar-refractivity contribution in [1.29, 1.82) is 0 Å². The maximum atomic E-state index is 12.2. The molecule has 9 heteroatoms. The van der Waals surface area contributed by atoms with Gasteiger partial charge in [-0.15, -0.1) is 0 Å². The largest absolute Gasteiger partial charge is 0.514 e. The summed E-state index contributed by atoms with van der Waals surface area (Å²) in [4.78, 5) is 33.8. The third-order valence-electron chi connectivity index (χ3n) is 6.56. The third-order valence-corrected chi connectivity index (χ3v) is 6.56. The van der Waals surface area contributed by atoms with Crippen LogP contribution in [0.1, 0.15) is 51.4 Å². The summed E-state index contributed by atoms with van der Waals surface area (Å²) in [5, 5.41) is 10.7. The second kappa shape index (κ2) is 6.93. The van der Waals surface area contributed by atoms with Crippen LogP contribution in [0.2, 0.25) is 0 Å². The summed E-state index contributed by atoms with van der Waals surface area (Å²) in [7, 11) is 0. The van der Waals surface area contributed by atoms with E-state index in [4.69, 9.17) is 24.0 Å². The first-order valence-electron chi connectivity index (χ1n) is 10.2. The van der Waals surface area contributed by atoms with Gasteiger partial charge in [0.15, 0.2) is 0 Å². The van der Waals surface area contributed by atoms with Crippen molar-refractivity contribution in [3.63, 3.8) is 0 Å². The van der Waals surface area contributed by atoms with Gasteiger partial charge in [0.25, 0.3) is 5.69 Å². The van der Waals surface area contributed by atoms with Gasteiger partial charge >= 0.3 is 6.16 Å². The number of carbonyl (C=O) groups excluding carboxylic acids is 1. The molecule has 3 saturated carbocycles. The van der Waals surface area contributed by atoms with Crippen LogP contribution >= 0.6 is 0 Å². The number of fused-ring (bicyclic) bond motifs is 3. The summed E-state index contributed by atoms with van der Waals surface area (Å²) in [5.74, 6) is -0.305. The number of rotatable bonds is 3. The van der Waals surface area contributed by atoms with Gasteiger partial charge in [0, 0.05) is 37.3 Å². The molecular formula is C20H23NO8. The highest BCUT2D eigenvalue weighted by Crippen LogP contribution is 2.59. The molecule has 1 saturated heterocycles. The molecule has 0 radical (unpaired) electrons. The van der Waals surface area contributed by atoms with Crippen molar-refractivity contribution >= 4 is 11.8 Å². The fourth-order valence-corrected chi connectivity index (χ4v) is 5.26. The van der Waals surface area contributed by atoms with Gasteiger partial charge < -0.3 is 14.2 Å². The molecule has 0 amide bonds. The van der Waals surface area contributed by atoms with Crippen molar-refractivity contribution in [3.05, 3.63) is 34.4 Å². The van der Waals surface area contributed by atoms with Gasteiger partial charge in [0.1, 0.15) is 11.9 Å². The molecule has 5 unspecified atom stereocenters. The monoisotopic (exact) mass is 405 g/mol. The number of nitro benzene ring substituents is 1. The van der Waals surface area contributed by atoms with Gasteiger partial charge in [-0.3, -0.25) is 10.1 Å². The molecule has 2 bridgehead atoms. The van der Waals surface area contributed by atoms with Crippen LogP contribution in [-0.4, -0.2) is 28.8 Å². The van der Waals surface area contributed by atoms with E-state index in [1.165, 1.54) is 30.7 Å². The standard InChI is InChI=1S/C20H23NO8/c22-18(25-16-7-5-15(6-8-16)21(23)24)26-17-2-1-9-19(12-17)27-20(29-28-19)11-13-3-4-14(20)10-13/h5-8,13-14,17H,1-4,9-12H2. The third kappa shape index (κ3) is 3.47. The summed E-state index contributed by atoms with van der Waals surface area (Å²) < 4.78 is 17.0. The lowest BCUT2D eigenvalue weighted by Crippen LogP contribution is -2.44. The average Bonchev–Trinajstić information content (AvgIpc) is 3.37. The van der Waals surface area contributed by atoms with Crippen molar-refractivity contribution in [1.82, 2.24) is 0 Å². The molecule has 156 valence electrons. The number of nitro groups is 1. The molecule has 4 aliphatic rings. The van der Waals surface area contributed by atoms with E-state index in [9.17, 15) is 14.9 Å². The Labute approximate surface area is 167 Å². The minimum atomic E-state index is -0.874. The van der Waals surface area contributed by atoms with Crippen LogP contribution in [0.3, 0.4) is 0 Å². The predicted octanol–water partition coefficient (Wildman–Crippen LogP) is 4.24. The van der Waals surface area contributed by atoms with Crippen molar-refractivity contribution in [2.75, 3.05) is 0 Å². The Hall–Kier alpha value is -2.23. The highest BCUT2D eigenvalue weighted by Gasteiger charge is 2.63. The number of benzene rings is 1. The Balaban J connectivity index is 1.18. The molecule has 29 heavy (non-hydrogen) atoms. The molecule has 3 aliphatic carbocycles. The highest BCUT2D eigenvalue weighted by atomic mass is 17.3. The van der Waals surface area contributed by atoms with Gasteiger partial charge in [-0.25, -0.2) is 4.79 Å². The van der Waals surface area contributed by atoms with Gasteiger partial charge in [-0.2, -0.15) is 9.78 Å². The molecule has 0 aromatic heterocycles. The quantitative estimate of drug-likeness (QED) is 0.242. The van der Waals surface area contributed by atoms with Crippen LogP contribution in [0.4, 0.5) is 10.5 Å². The zero-order valence-corrected chi connectivity index (χ0v) is 15.9. The van der Waals surface area contributed by atoms with E-state index in [2.05, 4.69) is 0 Å². The first kappa shape index (κ1) is 18.8. The van der Waals surface area contributed by atoms with E-state index in [0.717, 1.165) is 25.7 Å². The second-order valence-corrected chi connectivity index (χ2v) is 8.51. The zero-order valence-electron chi connectivity index (χ0n) is 15.9. The summed E-state index contributed by atoms with van der Waals surface area (Å²) in [6, 6.07) is 5.25. The Kier molecular flexibility index (Phi) is 4.49. The van der Waals surface area contributed by atoms with Crippen molar-refractivity contribution in [3.8, 4) is 5.75 Å². The molecule has 5 atom stereocenters. The Bertz CT molecular complexity index is 813. The normalized spacial score (nSPS) is 37.9. The minimum Gasteiger partial charge on any atom is -0.430 e. The molecular weight excluding hydrogens is 382 g/mol. The number of ether oxygens (including phenoxy) is 3. The van der Waals surface area contributed by atoms with Crippen molar-refractivity contribution in [2.45, 2.75) is 69.0 Å². The number of non-ortho nitro benzene ring substituents is 1. The lowest BCUT2D eigenvalue weighted by molar-refractivity contribution is -0.384. The fraction of sp³-hybridized carbons (Fsp3) is 0.650. The molecule has 1 heterocycles. The van der Waals surface area contributed by atoms with E-state index in [1.54, 1.807) is 0 Å². The van der Waals surface area contributed by atoms with Crippen LogP contribution in [0, 0.1) is 22.0 Å². The molecule has 9 nitrogen and oxygen atoms in total. The molecule has 1 aromatic rings. The van der Waals surface area contributed by atoms with E-state index in [1.807, 2.05) is 0 Å². The molecule has 4 fully saturated rings. The van der Waals surface area contributed by atoms with Crippen molar-refractivity contribution in [2.24, 2.45) is 11.8 Å². The minimum absolute atomic E-state index is 0.0787. The first-order chi connectivity index (χ1) is 14.0. The Morgan fingerprint density at radius 1 is 1.14 bits per heavy atom. The van der Waals surface area contributed by atoms with Crippen LogP contribution < -0.4 is 4.74 Å². The summed E-state index contributed by atoms with van der Waals surface area (Å²) >= 11 is 0. The lowest BCUT2D eigenvalue weighted by atomic mass is 9.90. The SMILES string of the molecule is O=C(Oc1ccc([N+](=O)[O-])cc1)OC1CCCC2(C1)OOC1(CC3CCC1C3)O2. The molecule has 1 aromatic carbocycles. The Morgan fingerprint density at radius 2 is 1.97 bits per heavy atom. The lowest BCUT2D eigenvalue weighted by Gasteiger charge is -2.36. The maximum absolute atomic E-state index is 12.2. The van der Waals surface area contributed by atoms with Crippen molar-refractivity contribution < 1.29 is 33.7 Å². The van der Waals surface area contributed by atoms with E-state index >= 15 is 0 Å². The highest BCUT2D eigenvalue weighted by molar-refractivity contribution is 5.64. The fourth-order valence-electron chi connectivity index (χ4n) is 5.26. The van der Waals surface area contributed by atoms with E-state index < -0.39 is 28.8 Å². The first-order valence-corrected chi connectivity index (χ1v) is 10.2. The number of nitrogens with zero attached hydrogens (tertiary/aromatic N) is 1. The smallest absolute Gasteiger partial charge is 0.430 e. The van der Waals surface area contributed by atoms with Crippen LogP contribution in [0.5, 0.6) is 5.75 Å². The predicted molar refractivity (Wildman–Crippen MR) is 96.6 cm³/mol.